The number of benzene rings is 1. The Morgan fingerprint density at radius 2 is 1.94 bits per heavy atom. The Morgan fingerprint density at radius 1 is 1.33 bits per heavy atom. The largest absolute Gasteiger partial charge is 0.390 e. The van der Waals surface area contributed by atoms with Crippen molar-refractivity contribution in [3.8, 4) is 0 Å². The monoisotopic (exact) mass is 248 g/mol. The molecule has 1 amide bonds. The molecule has 0 radical (unpaired) electrons. The van der Waals surface area contributed by atoms with Crippen LogP contribution in [0.15, 0.2) is 30.3 Å². The van der Waals surface area contributed by atoms with E-state index in [9.17, 15) is 9.90 Å². The fourth-order valence-corrected chi connectivity index (χ4v) is 2.12. The van der Waals surface area contributed by atoms with Gasteiger partial charge in [-0.1, -0.05) is 18.2 Å². The number of likely N-dealkylation sites (tertiary alicyclic amines) is 1. The van der Waals surface area contributed by atoms with Crippen molar-refractivity contribution >= 4 is 11.6 Å². The Bertz CT molecular complexity index is 394. The van der Waals surface area contributed by atoms with Crippen molar-refractivity contribution in [2.75, 3.05) is 25.0 Å². The minimum Gasteiger partial charge on any atom is -0.390 e. The van der Waals surface area contributed by atoms with Crippen molar-refractivity contribution in [2.24, 2.45) is 0 Å². The smallest absolute Gasteiger partial charge is 0.238 e. The third kappa shape index (κ3) is 3.82. The van der Waals surface area contributed by atoms with Crippen LogP contribution < -0.4 is 5.32 Å². The fourth-order valence-electron chi connectivity index (χ4n) is 2.12. The maximum absolute atomic E-state index is 11.8. The van der Waals surface area contributed by atoms with Gasteiger partial charge in [0.25, 0.3) is 0 Å². The first-order chi connectivity index (χ1) is 8.55. The highest BCUT2D eigenvalue weighted by molar-refractivity contribution is 5.92. The lowest BCUT2D eigenvalue weighted by molar-refractivity contribution is -0.118. The Kier molecular flexibility index (Phi) is 3.99. The molecule has 1 aromatic carbocycles. The lowest BCUT2D eigenvalue weighted by Gasteiger charge is -2.35. The van der Waals surface area contributed by atoms with Gasteiger partial charge in [-0.05, 0) is 31.9 Å². The molecule has 2 N–H and O–H groups in total. The molecule has 4 nitrogen and oxygen atoms in total. The minimum atomic E-state index is -0.563. The molecule has 1 aliphatic rings. The van der Waals surface area contributed by atoms with Crippen LogP contribution in [0.5, 0.6) is 0 Å². The van der Waals surface area contributed by atoms with Crippen LogP contribution in [0.1, 0.15) is 19.8 Å². The number of rotatable bonds is 3. The lowest BCUT2D eigenvalue weighted by atomic mass is 9.94. The SMILES string of the molecule is CC1(O)CCN(CC(=O)Nc2ccccc2)CC1. The molecule has 0 unspecified atom stereocenters. The van der Waals surface area contributed by atoms with E-state index in [1.165, 1.54) is 0 Å². The van der Waals surface area contributed by atoms with E-state index in [4.69, 9.17) is 0 Å². The Morgan fingerprint density at radius 3 is 2.56 bits per heavy atom. The number of amides is 1. The van der Waals surface area contributed by atoms with Crippen LogP contribution >= 0.6 is 0 Å². The average Bonchev–Trinajstić information content (AvgIpc) is 2.33. The van der Waals surface area contributed by atoms with Gasteiger partial charge in [0.15, 0.2) is 0 Å². The van der Waals surface area contributed by atoms with Crippen LogP contribution in [0.2, 0.25) is 0 Å². The molecule has 2 rings (SSSR count). The van der Waals surface area contributed by atoms with Gasteiger partial charge in [0.1, 0.15) is 0 Å². The number of nitrogens with one attached hydrogen (secondary N) is 1. The van der Waals surface area contributed by atoms with Gasteiger partial charge in [-0.15, -0.1) is 0 Å². The summed E-state index contributed by atoms with van der Waals surface area (Å²) in [5, 5.41) is 12.7. The predicted molar refractivity (Wildman–Crippen MR) is 71.4 cm³/mol. The van der Waals surface area contributed by atoms with Crippen LogP contribution in [0.4, 0.5) is 5.69 Å². The molecule has 1 aliphatic heterocycles. The topological polar surface area (TPSA) is 52.6 Å². The van der Waals surface area contributed by atoms with Crippen molar-refractivity contribution in [3.05, 3.63) is 30.3 Å². The van der Waals surface area contributed by atoms with E-state index in [1.807, 2.05) is 37.3 Å². The van der Waals surface area contributed by atoms with Crippen molar-refractivity contribution < 1.29 is 9.90 Å². The highest BCUT2D eigenvalue weighted by atomic mass is 16.3. The molecule has 1 fully saturated rings. The van der Waals surface area contributed by atoms with E-state index in [1.54, 1.807) is 0 Å². The summed E-state index contributed by atoms with van der Waals surface area (Å²) in [7, 11) is 0. The molecule has 1 heterocycles. The van der Waals surface area contributed by atoms with Crippen LogP contribution in [0, 0.1) is 0 Å². The molecule has 0 spiro atoms. The van der Waals surface area contributed by atoms with Gasteiger partial charge in [-0.25, -0.2) is 0 Å². The zero-order chi connectivity index (χ0) is 13.0. The predicted octanol–water partition coefficient (Wildman–Crippen LogP) is 1.47. The van der Waals surface area contributed by atoms with E-state index >= 15 is 0 Å². The number of carbonyl (C=O) groups is 1. The molecule has 0 aromatic heterocycles. The van der Waals surface area contributed by atoms with Gasteiger partial charge < -0.3 is 10.4 Å². The third-order valence-electron chi connectivity index (χ3n) is 3.36. The van der Waals surface area contributed by atoms with Crippen molar-refractivity contribution in [3.63, 3.8) is 0 Å². The van der Waals surface area contributed by atoms with Crippen molar-refractivity contribution in [1.29, 1.82) is 0 Å². The number of nitrogens with zero attached hydrogens (tertiary/aromatic N) is 1. The second-order valence-electron chi connectivity index (χ2n) is 5.19. The van der Waals surface area contributed by atoms with E-state index < -0.39 is 5.60 Å². The Balaban J connectivity index is 1.79. The second kappa shape index (κ2) is 5.50. The summed E-state index contributed by atoms with van der Waals surface area (Å²) in [5.41, 5.74) is 0.262. The van der Waals surface area contributed by atoms with Crippen molar-refractivity contribution in [2.45, 2.75) is 25.4 Å². The molecular formula is C14H20N2O2. The number of anilines is 1. The van der Waals surface area contributed by atoms with Crippen molar-refractivity contribution in [1.82, 2.24) is 4.90 Å². The van der Waals surface area contributed by atoms with Crippen LogP contribution in [-0.4, -0.2) is 41.1 Å². The Labute approximate surface area is 108 Å². The summed E-state index contributed by atoms with van der Waals surface area (Å²) in [6, 6.07) is 9.46. The number of aliphatic hydroxyl groups is 1. The summed E-state index contributed by atoms with van der Waals surface area (Å²) in [6.45, 7) is 3.80. The second-order valence-corrected chi connectivity index (χ2v) is 5.19. The van der Waals surface area contributed by atoms with Crippen LogP contribution in [0.3, 0.4) is 0 Å². The first-order valence-electron chi connectivity index (χ1n) is 6.35. The highest BCUT2D eigenvalue weighted by Crippen LogP contribution is 2.20. The zero-order valence-corrected chi connectivity index (χ0v) is 10.7. The number of hydrogen-bond donors (Lipinski definition) is 2. The van der Waals surface area contributed by atoms with E-state index in [2.05, 4.69) is 10.2 Å². The molecule has 4 heteroatoms. The summed E-state index contributed by atoms with van der Waals surface area (Å²) < 4.78 is 0. The standard InChI is InChI=1S/C14H20N2O2/c1-14(18)7-9-16(10-8-14)11-13(17)15-12-5-3-2-4-6-12/h2-6,18H,7-11H2,1H3,(H,15,17). The fraction of sp³-hybridized carbons (Fsp3) is 0.500. The summed E-state index contributed by atoms with van der Waals surface area (Å²) in [6.07, 6.45) is 1.46. The quantitative estimate of drug-likeness (QED) is 0.851. The van der Waals surface area contributed by atoms with Crippen LogP contribution in [-0.2, 0) is 4.79 Å². The van der Waals surface area contributed by atoms with Gasteiger partial charge in [-0.2, -0.15) is 0 Å². The van der Waals surface area contributed by atoms with E-state index in [0.29, 0.717) is 6.54 Å². The summed E-state index contributed by atoms with van der Waals surface area (Å²) in [4.78, 5) is 13.9. The van der Waals surface area contributed by atoms with Gasteiger partial charge in [0.05, 0.1) is 12.1 Å². The maximum Gasteiger partial charge on any atom is 0.238 e. The molecular weight excluding hydrogens is 228 g/mol. The number of hydrogen-bond acceptors (Lipinski definition) is 3. The normalized spacial score (nSPS) is 19.4. The molecule has 0 atom stereocenters. The Hall–Kier alpha value is -1.39. The summed E-state index contributed by atoms with van der Waals surface area (Å²) in [5.74, 6) is 0.00254. The van der Waals surface area contributed by atoms with Gasteiger partial charge >= 0.3 is 0 Å². The zero-order valence-electron chi connectivity index (χ0n) is 10.7. The third-order valence-corrected chi connectivity index (χ3v) is 3.36. The first-order valence-corrected chi connectivity index (χ1v) is 6.35. The van der Waals surface area contributed by atoms with Crippen LogP contribution in [0.25, 0.3) is 0 Å². The first kappa shape index (κ1) is 13.1. The van der Waals surface area contributed by atoms with E-state index in [0.717, 1.165) is 31.6 Å². The molecule has 1 saturated heterocycles. The number of para-hydroxylation sites is 1. The molecule has 98 valence electrons. The molecule has 18 heavy (non-hydrogen) atoms. The highest BCUT2D eigenvalue weighted by Gasteiger charge is 2.27. The maximum atomic E-state index is 11.8. The van der Waals surface area contributed by atoms with Gasteiger partial charge in [0, 0.05) is 18.8 Å². The molecule has 1 aromatic rings. The van der Waals surface area contributed by atoms with Gasteiger partial charge in [-0.3, -0.25) is 9.69 Å². The average molecular weight is 248 g/mol. The van der Waals surface area contributed by atoms with E-state index in [-0.39, 0.29) is 5.91 Å². The molecule has 0 saturated carbocycles. The number of carbonyl (C=O) groups excluding carboxylic acids is 1. The molecule has 0 bridgehead atoms. The summed E-state index contributed by atoms with van der Waals surface area (Å²) >= 11 is 0. The lowest BCUT2D eigenvalue weighted by Crippen LogP contribution is -2.45. The van der Waals surface area contributed by atoms with Gasteiger partial charge in [0.2, 0.25) is 5.91 Å². The minimum absolute atomic E-state index is 0.00254. The molecule has 0 aliphatic carbocycles. The number of piperidine rings is 1.